The second-order valence-corrected chi connectivity index (χ2v) is 2.94. The smallest absolute Gasteiger partial charge is 0.109 e. The average molecular weight is 146 g/mol. The number of likely N-dealkylation sites (N-methyl/N-ethyl adjacent to an activating group) is 1. The van der Waals surface area contributed by atoms with E-state index in [4.69, 9.17) is 0 Å². The normalized spacial score (nSPS) is 34.2. The van der Waals surface area contributed by atoms with Crippen molar-refractivity contribution < 1.29 is 4.39 Å². The summed E-state index contributed by atoms with van der Waals surface area (Å²) in [6, 6.07) is 0. The van der Waals surface area contributed by atoms with Crippen LogP contribution in [0.3, 0.4) is 0 Å². The third-order valence-electron chi connectivity index (χ3n) is 2.26. The fourth-order valence-electron chi connectivity index (χ4n) is 1.36. The van der Waals surface area contributed by atoms with Crippen LogP contribution in [-0.2, 0) is 0 Å². The number of hydrogen-bond acceptors (Lipinski definition) is 2. The third kappa shape index (κ3) is 1.47. The molecule has 0 bridgehead atoms. The molecule has 10 heavy (non-hydrogen) atoms. The van der Waals surface area contributed by atoms with Crippen LogP contribution in [0.25, 0.3) is 0 Å². The van der Waals surface area contributed by atoms with Crippen molar-refractivity contribution in [3.05, 3.63) is 0 Å². The van der Waals surface area contributed by atoms with Gasteiger partial charge in [0.25, 0.3) is 0 Å². The first-order valence-electron chi connectivity index (χ1n) is 3.79. The fourth-order valence-corrected chi connectivity index (χ4v) is 1.36. The Kier molecular flexibility index (Phi) is 2.63. The summed E-state index contributed by atoms with van der Waals surface area (Å²) in [7, 11) is 1.83. The zero-order valence-corrected chi connectivity index (χ0v) is 6.41. The van der Waals surface area contributed by atoms with Gasteiger partial charge < -0.3 is 10.6 Å². The molecule has 0 radical (unpaired) electrons. The molecule has 0 aliphatic carbocycles. The lowest BCUT2D eigenvalue weighted by molar-refractivity contribution is 0.206. The first-order valence-corrected chi connectivity index (χ1v) is 3.79. The summed E-state index contributed by atoms with van der Waals surface area (Å²) in [5.74, 6) is 0. The summed E-state index contributed by atoms with van der Waals surface area (Å²) in [5, 5.41) is 6.20. The van der Waals surface area contributed by atoms with Crippen LogP contribution in [-0.4, -0.2) is 32.4 Å². The highest BCUT2D eigenvalue weighted by atomic mass is 19.1. The van der Waals surface area contributed by atoms with Gasteiger partial charge in [-0.2, -0.15) is 0 Å². The molecule has 1 rings (SSSR count). The van der Waals surface area contributed by atoms with E-state index in [1.807, 2.05) is 7.05 Å². The highest BCUT2D eigenvalue weighted by Crippen LogP contribution is 2.15. The maximum absolute atomic E-state index is 12.4. The molecule has 1 atom stereocenters. The van der Waals surface area contributed by atoms with E-state index in [-0.39, 0.29) is 12.2 Å². The number of rotatable bonds is 2. The topological polar surface area (TPSA) is 24.1 Å². The van der Waals surface area contributed by atoms with Crippen molar-refractivity contribution in [1.29, 1.82) is 0 Å². The lowest BCUT2D eigenvalue weighted by atomic mass is 9.92. The van der Waals surface area contributed by atoms with Crippen molar-refractivity contribution in [1.82, 2.24) is 10.6 Å². The molecule has 1 unspecified atom stereocenters. The van der Waals surface area contributed by atoms with Gasteiger partial charge in [0.2, 0.25) is 0 Å². The zero-order chi connectivity index (χ0) is 7.45. The molecule has 60 valence electrons. The summed E-state index contributed by atoms with van der Waals surface area (Å²) in [5.41, 5.74) is -0.266. The summed E-state index contributed by atoms with van der Waals surface area (Å²) < 4.78 is 12.4. The van der Waals surface area contributed by atoms with Gasteiger partial charge >= 0.3 is 0 Å². The fraction of sp³-hybridized carbons (Fsp3) is 1.00. The average Bonchev–Trinajstić information content (AvgIpc) is 2.06. The van der Waals surface area contributed by atoms with Crippen molar-refractivity contribution in [3.8, 4) is 0 Å². The molecule has 0 amide bonds. The summed E-state index contributed by atoms with van der Waals surface area (Å²) in [6.45, 7) is 1.53. The molecule has 0 aromatic carbocycles. The van der Waals surface area contributed by atoms with Crippen LogP contribution in [0.4, 0.5) is 4.39 Å². The largest absolute Gasteiger partial charge is 0.315 e. The Hall–Kier alpha value is -0.150. The predicted octanol–water partition coefficient (Wildman–Crippen LogP) is 0.297. The molecule has 3 heteroatoms. The van der Waals surface area contributed by atoms with Crippen molar-refractivity contribution in [2.75, 3.05) is 26.8 Å². The van der Waals surface area contributed by atoms with E-state index in [1.54, 1.807) is 0 Å². The highest BCUT2D eigenvalue weighted by Gasteiger charge is 2.29. The minimum atomic E-state index is -0.267. The Balaban J connectivity index is 2.44. The monoisotopic (exact) mass is 146 g/mol. The number of hydrogen-bond donors (Lipinski definition) is 2. The second-order valence-electron chi connectivity index (χ2n) is 2.94. The second kappa shape index (κ2) is 3.30. The molecule has 2 N–H and O–H groups in total. The first-order chi connectivity index (χ1) is 4.83. The van der Waals surface area contributed by atoms with E-state index in [0.717, 1.165) is 25.9 Å². The van der Waals surface area contributed by atoms with E-state index < -0.39 is 0 Å². The summed E-state index contributed by atoms with van der Waals surface area (Å²) >= 11 is 0. The van der Waals surface area contributed by atoms with Crippen LogP contribution in [0.1, 0.15) is 12.8 Å². The van der Waals surface area contributed by atoms with Gasteiger partial charge in [-0.05, 0) is 26.4 Å². The van der Waals surface area contributed by atoms with Gasteiger partial charge in [0.05, 0.1) is 5.54 Å². The molecule has 0 spiro atoms. The van der Waals surface area contributed by atoms with Crippen LogP contribution >= 0.6 is 0 Å². The van der Waals surface area contributed by atoms with Gasteiger partial charge in [-0.25, -0.2) is 4.39 Å². The minimum absolute atomic E-state index is 0.266. The third-order valence-corrected chi connectivity index (χ3v) is 2.26. The van der Waals surface area contributed by atoms with Gasteiger partial charge in [0, 0.05) is 6.54 Å². The van der Waals surface area contributed by atoms with Gasteiger partial charge in [-0.1, -0.05) is 0 Å². The van der Waals surface area contributed by atoms with E-state index in [2.05, 4.69) is 10.6 Å². The van der Waals surface area contributed by atoms with Crippen LogP contribution in [0.5, 0.6) is 0 Å². The minimum Gasteiger partial charge on any atom is -0.315 e. The lowest BCUT2D eigenvalue weighted by Crippen LogP contribution is -2.56. The number of alkyl halides is 1. The maximum atomic E-state index is 12.4. The van der Waals surface area contributed by atoms with Gasteiger partial charge in [-0.15, -0.1) is 0 Å². The SMILES string of the molecule is CNC1(CF)CCCNC1. The van der Waals surface area contributed by atoms with Gasteiger partial charge in [0.1, 0.15) is 6.67 Å². The molecular formula is C7H15FN2. The number of nitrogens with one attached hydrogen (secondary N) is 2. The Morgan fingerprint density at radius 3 is 2.80 bits per heavy atom. The Bertz CT molecular complexity index is 93.8. The molecule has 0 aromatic rings. The Morgan fingerprint density at radius 2 is 2.50 bits per heavy atom. The molecule has 1 aliphatic rings. The molecule has 1 saturated heterocycles. The Labute approximate surface area is 61.2 Å². The van der Waals surface area contributed by atoms with E-state index >= 15 is 0 Å². The van der Waals surface area contributed by atoms with E-state index in [0.29, 0.717) is 0 Å². The predicted molar refractivity (Wildman–Crippen MR) is 39.9 cm³/mol. The van der Waals surface area contributed by atoms with Crippen molar-refractivity contribution in [3.63, 3.8) is 0 Å². The lowest BCUT2D eigenvalue weighted by Gasteiger charge is -2.34. The van der Waals surface area contributed by atoms with Gasteiger partial charge in [-0.3, -0.25) is 0 Å². The molecule has 2 nitrogen and oxygen atoms in total. The molecule has 0 saturated carbocycles. The van der Waals surface area contributed by atoms with Crippen molar-refractivity contribution in [2.24, 2.45) is 0 Å². The molecule has 1 fully saturated rings. The van der Waals surface area contributed by atoms with Crippen LogP contribution in [0.15, 0.2) is 0 Å². The quantitative estimate of drug-likeness (QED) is 0.585. The maximum Gasteiger partial charge on any atom is 0.109 e. The highest BCUT2D eigenvalue weighted by molar-refractivity contribution is 4.91. The molecule has 0 aromatic heterocycles. The van der Waals surface area contributed by atoms with Crippen molar-refractivity contribution >= 4 is 0 Å². The van der Waals surface area contributed by atoms with E-state index in [9.17, 15) is 4.39 Å². The van der Waals surface area contributed by atoms with Crippen LogP contribution in [0.2, 0.25) is 0 Å². The van der Waals surface area contributed by atoms with Gasteiger partial charge in [0.15, 0.2) is 0 Å². The molecule has 1 heterocycles. The van der Waals surface area contributed by atoms with E-state index in [1.165, 1.54) is 0 Å². The molecule has 1 aliphatic heterocycles. The first kappa shape index (κ1) is 7.95. The Morgan fingerprint density at radius 1 is 1.70 bits per heavy atom. The molecular weight excluding hydrogens is 131 g/mol. The van der Waals surface area contributed by atoms with Crippen LogP contribution in [0, 0.1) is 0 Å². The van der Waals surface area contributed by atoms with Crippen LogP contribution < -0.4 is 10.6 Å². The zero-order valence-electron chi connectivity index (χ0n) is 6.41. The number of halogens is 1. The number of piperidine rings is 1. The summed E-state index contributed by atoms with van der Waals surface area (Å²) in [4.78, 5) is 0. The van der Waals surface area contributed by atoms with Crippen molar-refractivity contribution in [2.45, 2.75) is 18.4 Å². The summed E-state index contributed by atoms with van der Waals surface area (Å²) in [6.07, 6.45) is 2.03. The standard InChI is InChI=1S/C7H15FN2/c1-9-7(5-8)3-2-4-10-6-7/h9-10H,2-6H2,1H3.